The minimum absolute atomic E-state index is 0.0386. The summed E-state index contributed by atoms with van der Waals surface area (Å²) < 4.78 is 5.30. The molecule has 1 aromatic rings. The minimum atomic E-state index is -0.323. The highest BCUT2D eigenvalue weighted by Gasteiger charge is 2.35. The quantitative estimate of drug-likeness (QED) is 0.860. The second-order valence-corrected chi connectivity index (χ2v) is 4.75. The van der Waals surface area contributed by atoms with Crippen LogP contribution in [-0.4, -0.2) is 36.6 Å². The van der Waals surface area contributed by atoms with Gasteiger partial charge in [0.2, 0.25) is 5.91 Å². The van der Waals surface area contributed by atoms with E-state index < -0.39 is 0 Å². The predicted octanol–water partition coefficient (Wildman–Crippen LogP) is 0.633. The van der Waals surface area contributed by atoms with Gasteiger partial charge in [0, 0.05) is 20.2 Å². The van der Waals surface area contributed by atoms with E-state index in [2.05, 4.69) is 6.07 Å². The summed E-state index contributed by atoms with van der Waals surface area (Å²) in [5.74, 6) is -0.323. The number of likely N-dealkylation sites (tertiary alicyclic amines) is 1. The van der Waals surface area contributed by atoms with Crippen molar-refractivity contribution in [3.8, 4) is 6.07 Å². The molecule has 2 atom stereocenters. The molecule has 0 unspecified atom stereocenters. The molecule has 0 bridgehead atoms. The number of amides is 1. The number of primary amides is 1. The van der Waals surface area contributed by atoms with Crippen LogP contribution in [0.2, 0.25) is 0 Å². The maximum Gasteiger partial charge on any atom is 0.234 e. The molecule has 5 nitrogen and oxygen atoms in total. The molecule has 1 saturated heterocycles. The number of carbonyl (C=O) groups is 1. The minimum Gasteiger partial charge on any atom is -0.380 e. The molecule has 1 aliphatic heterocycles. The number of rotatable bonds is 4. The summed E-state index contributed by atoms with van der Waals surface area (Å²) in [4.78, 5) is 13.5. The van der Waals surface area contributed by atoms with E-state index in [1.54, 1.807) is 13.2 Å². The van der Waals surface area contributed by atoms with Crippen molar-refractivity contribution < 1.29 is 9.53 Å². The molecule has 1 fully saturated rings. The lowest BCUT2D eigenvalue weighted by Crippen LogP contribution is -2.39. The summed E-state index contributed by atoms with van der Waals surface area (Å²) in [7, 11) is 1.64. The van der Waals surface area contributed by atoms with Crippen LogP contribution in [-0.2, 0) is 16.1 Å². The van der Waals surface area contributed by atoms with Crippen LogP contribution in [0.3, 0.4) is 0 Å². The second kappa shape index (κ2) is 5.83. The molecule has 0 aromatic heterocycles. The first-order valence-corrected chi connectivity index (χ1v) is 6.19. The van der Waals surface area contributed by atoms with E-state index in [9.17, 15) is 4.79 Å². The lowest BCUT2D eigenvalue weighted by molar-refractivity contribution is -0.122. The van der Waals surface area contributed by atoms with Crippen molar-refractivity contribution in [3.05, 3.63) is 35.4 Å². The van der Waals surface area contributed by atoms with Crippen molar-refractivity contribution in [3.63, 3.8) is 0 Å². The lowest BCUT2D eigenvalue weighted by Gasteiger charge is -2.21. The van der Waals surface area contributed by atoms with Gasteiger partial charge < -0.3 is 10.5 Å². The average Bonchev–Trinajstić information content (AvgIpc) is 2.82. The van der Waals surface area contributed by atoms with Crippen LogP contribution in [0.5, 0.6) is 0 Å². The summed E-state index contributed by atoms with van der Waals surface area (Å²) in [6, 6.07) is 9.20. The van der Waals surface area contributed by atoms with Crippen LogP contribution in [0.15, 0.2) is 24.3 Å². The molecule has 0 radical (unpaired) electrons. The number of nitrogens with zero attached hydrogens (tertiary/aromatic N) is 2. The highest BCUT2D eigenvalue weighted by molar-refractivity contribution is 5.80. The molecule has 0 aliphatic carbocycles. The Morgan fingerprint density at radius 1 is 1.63 bits per heavy atom. The molecule has 100 valence electrons. The fraction of sp³-hybridized carbons (Fsp3) is 0.429. The van der Waals surface area contributed by atoms with E-state index in [4.69, 9.17) is 15.7 Å². The van der Waals surface area contributed by atoms with Crippen molar-refractivity contribution in [1.29, 1.82) is 5.26 Å². The van der Waals surface area contributed by atoms with Gasteiger partial charge in [-0.15, -0.1) is 0 Å². The Kier molecular flexibility index (Phi) is 4.15. The van der Waals surface area contributed by atoms with Crippen molar-refractivity contribution in [1.82, 2.24) is 4.90 Å². The molecule has 1 aromatic carbocycles. The maximum absolute atomic E-state index is 11.5. The van der Waals surface area contributed by atoms with E-state index in [-0.39, 0.29) is 18.1 Å². The van der Waals surface area contributed by atoms with Gasteiger partial charge >= 0.3 is 0 Å². The number of methoxy groups -OCH3 is 1. The van der Waals surface area contributed by atoms with Gasteiger partial charge in [-0.05, 0) is 24.1 Å². The first-order chi connectivity index (χ1) is 9.13. The highest BCUT2D eigenvalue weighted by atomic mass is 16.5. The zero-order valence-electron chi connectivity index (χ0n) is 10.9. The fourth-order valence-electron chi connectivity index (χ4n) is 2.48. The molecule has 19 heavy (non-hydrogen) atoms. The molecule has 1 amide bonds. The van der Waals surface area contributed by atoms with Crippen LogP contribution in [0, 0.1) is 11.3 Å². The third kappa shape index (κ3) is 3.11. The van der Waals surface area contributed by atoms with E-state index in [0.29, 0.717) is 25.1 Å². The standard InChI is InChI=1S/C14H17N3O2/c1-19-12-6-13(14(16)18)17(9-12)8-11-4-2-3-10(5-11)7-15/h2-5,12-13H,6,8-9H2,1H3,(H2,16,18)/t12-,13-/m0/s1. The topological polar surface area (TPSA) is 79.3 Å². The Morgan fingerprint density at radius 3 is 3.05 bits per heavy atom. The molecule has 0 spiro atoms. The molecule has 1 aliphatic rings. The van der Waals surface area contributed by atoms with Crippen LogP contribution in [0.25, 0.3) is 0 Å². The SMILES string of the molecule is CO[C@H]1C[C@@H](C(N)=O)N(Cc2cccc(C#N)c2)C1. The van der Waals surface area contributed by atoms with Crippen LogP contribution < -0.4 is 5.73 Å². The highest BCUT2D eigenvalue weighted by Crippen LogP contribution is 2.22. The number of carbonyl (C=O) groups excluding carboxylic acids is 1. The van der Waals surface area contributed by atoms with Crippen molar-refractivity contribution in [2.45, 2.75) is 25.1 Å². The Bertz CT molecular complexity index is 510. The fourth-order valence-corrected chi connectivity index (χ4v) is 2.48. The van der Waals surface area contributed by atoms with Gasteiger partial charge in [-0.25, -0.2) is 0 Å². The molecule has 2 rings (SSSR count). The lowest BCUT2D eigenvalue weighted by atomic mass is 10.1. The van der Waals surface area contributed by atoms with Gasteiger partial charge in [-0.2, -0.15) is 5.26 Å². The normalized spacial score (nSPS) is 23.2. The summed E-state index contributed by atoms with van der Waals surface area (Å²) >= 11 is 0. The average molecular weight is 259 g/mol. The van der Waals surface area contributed by atoms with Gasteiger partial charge in [0.1, 0.15) is 0 Å². The third-order valence-corrected chi connectivity index (χ3v) is 3.47. The molecule has 5 heteroatoms. The van der Waals surface area contributed by atoms with Gasteiger partial charge in [-0.3, -0.25) is 9.69 Å². The number of nitriles is 1. The summed E-state index contributed by atoms with van der Waals surface area (Å²) in [5, 5.41) is 8.89. The molecule has 0 saturated carbocycles. The van der Waals surface area contributed by atoms with Gasteiger partial charge in [0.05, 0.1) is 23.8 Å². The summed E-state index contributed by atoms with van der Waals surface area (Å²) in [6.07, 6.45) is 0.667. The van der Waals surface area contributed by atoms with Gasteiger partial charge in [0.15, 0.2) is 0 Å². The number of hydrogen-bond acceptors (Lipinski definition) is 4. The molecular formula is C14H17N3O2. The largest absolute Gasteiger partial charge is 0.380 e. The van der Waals surface area contributed by atoms with E-state index >= 15 is 0 Å². The van der Waals surface area contributed by atoms with Crippen LogP contribution in [0.4, 0.5) is 0 Å². The van der Waals surface area contributed by atoms with E-state index in [0.717, 1.165) is 5.56 Å². The van der Waals surface area contributed by atoms with Crippen molar-refractivity contribution in [2.24, 2.45) is 5.73 Å². The third-order valence-electron chi connectivity index (χ3n) is 3.47. The zero-order valence-corrected chi connectivity index (χ0v) is 10.9. The van der Waals surface area contributed by atoms with Crippen molar-refractivity contribution in [2.75, 3.05) is 13.7 Å². The number of nitrogens with two attached hydrogens (primary N) is 1. The smallest absolute Gasteiger partial charge is 0.234 e. The summed E-state index contributed by atoms with van der Waals surface area (Å²) in [5.41, 5.74) is 7.05. The first kappa shape index (κ1) is 13.5. The molecular weight excluding hydrogens is 242 g/mol. The Labute approximate surface area is 112 Å². The second-order valence-electron chi connectivity index (χ2n) is 4.75. The predicted molar refractivity (Wildman–Crippen MR) is 70.0 cm³/mol. The molecule has 2 N–H and O–H groups in total. The number of benzene rings is 1. The Morgan fingerprint density at radius 2 is 2.42 bits per heavy atom. The Balaban J connectivity index is 2.12. The zero-order chi connectivity index (χ0) is 13.8. The Hall–Kier alpha value is -1.90. The molecule has 1 heterocycles. The maximum atomic E-state index is 11.5. The van der Waals surface area contributed by atoms with E-state index in [1.807, 2.05) is 23.1 Å². The first-order valence-electron chi connectivity index (χ1n) is 6.19. The van der Waals surface area contributed by atoms with Crippen LogP contribution >= 0.6 is 0 Å². The monoisotopic (exact) mass is 259 g/mol. The number of ether oxygens (including phenoxy) is 1. The van der Waals surface area contributed by atoms with Crippen LogP contribution in [0.1, 0.15) is 17.5 Å². The van der Waals surface area contributed by atoms with Gasteiger partial charge in [0.25, 0.3) is 0 Å². The van der Waals surface area contributed by atoms with Crippen molar-refractivity contribution >= 4 is 5.91 Å². The summed E-state index contributed by atoms with van der Waals surface area (Å²) in [6.45, 7) is 1.28. The van der Waals surface area contributed by atoms with Gasteiger partial charge in [-0.1, -0.05) is 12.1 Å². The van der Waals surface area contributed by atoms with E-state index in [1.165, 1.54) is 0 Å². The number of hydrogen-bond donors (Lipinski definition) is 1.